The van der Waals surface area contributed by atoms with Crippen LogP contribution in [-0.4, -0.2) is 51.2 Å². The third-order valence-electron chi connectivity index (χ3n) is 9.11. The van der Waals surface area contributed by atoms with E-state index in [0.717, 1.165) is 60.1 Å². The van der Waals surface area contributed by atoms with E-state index >= 15 is 0 Å². The Bertz CT molecular complexity index is 1120. The summed E-state index contributed by atoms with van der Waals surface area (Å²) in [6, 6.07) is 11.4. The smallest absolute Gasteiger partial charge is 0.265 e. The Hall–Kier alpha value is -1.63. The summed E-state index contributed by atoms with van der Waals surface area (Å²) >= 11 is 0. The molecule has 1 heterocycles. The molecule has 0 aromatic heterocycles. The van der Waals surface area contributed by atoms with Crippen LogP contribution >= 0.6 is 0 Å². The number of hydrogen-bond donors (Lipinski definition) is 1. The molecule has 5 nitrogen and oxygen atoms in total. The summed E-state index contributed by atoms with van der Waals surface area (Å²) in [6.07, 6.45) is 9.38. The van der Waals surface area contributed by atoms with Crippen molar-refractivity contribution < 1.29 is 13.5 Å². The van der Waals surface area contributed by atoms with Crippen molar-refractivity contribution in [2.75, 3.05) is 31.0 Å². The van der Waals surface area contributed by atoms with Crippen molar-refractivity contribution in [3.63, 3.8) is 0 Å². The lowest BCUT2D eigenvalue weighted by Crippen LogP contribution is -2.54. The molecule has 1 aliphatic heterocycles. The molecule has 178 valence electrons. The fraction of sp³-hybridized carbons (Fsp3) is 0.630. The topological polar surface area (TPSA) is 60.9 Å². The minimum absolute atomic E-state index is 0.164. The third-order valence-corrected chi connectivity index (χ3v) is 11.0. The highest BCUT2D eigenvalue weighted by atomic mass is 32.2. The SMILES string of the molecule is CN(CCCCN1c2cccc3cccc(c23)S1(=O)=O)C[C@H](O)C12CC3CC(CC(C3)C1)C2. The number of aliphatic hydroxyl groups excluding tert-OH is 1. The Labute approximate surface area is 197 Å². The number of hydrogen-bond acceptors (Lipinski definition) is 4. The average molecular weight is 469 g/mol. The molecule has 1 N–H and O–H groups in total. The molecule has 4 saturated carbocycles. The van der Waals surface area contributed by atoms with Gasteiger partial charge in [-0.2, -0.15) is 0 Å². The van der Waals surface area contributed by atoms with Gasteiger partial charge in [0.2, 0.25) is 0 Å². The van der Waals surface area contributed by atoms with Gasteiger partial charge in [-0.25, -0.2) is 8.42 Å². The molecule has 7 rings (SSSR count). The van der Waals surface area contributed by atoms with Crippen LogP contribution in [0.2, 0.25) is 0 Å². The first-order valence-corrected chi connectivity index (χ1v) is 14.2. The fourth-order valence-electron chi connectivity index (χ4n) is 8.00. The van der Waals surface area contributed by atoms with Crippen molar-refractivity contribution in [3.8, 4) is 0 Å². The van der Waals surface area contributed by atoms with E-state index in [1.54, 1.807) is 10.4 Å². The van der Waals surface area contributed by atoms with Gasteiger partial charge in [0.05, 0.1) is 16.7 Å². The number of unbranched alkanes of at least 4 members (excludes halogenated alkanes) is 1. The molecule has 2 aromatic rings. The number of nitrogens with zero attached hydrogens (tertiary/aromatic N) is 2. The van der Waals surface area contributed by atoms with Crippen LogP contribution in [-0.2, 0) is 10.0 Å². The molecule has 6 heteroatoms. The summed E-state index contributed by atoms with van der Waals surface area (Å²) in [5.74, 6) is 2.56. The number of benzene rings is 2. The van der Waals surface area contributed by atoms with Gasteiger partial charge in [-0.15, -0.1) is 0 Å². The van der Waals surface area contributed by atoms with Crippen LogP contribution in [0.3, 0.4) is 0 Å². The van der Waals surface area contributed by atoms with Crippen molar-refractivity contribution in [2.45, 2.75) is 62.4 Å². The van der Waals surface area contributed by atoms with E-state index in [-0.39, 0.29) is 11.5 Å². The molecule has 4 fully saturated rings. The lowest BCUT2D eigenvalue weighted by atomic mass is 9.48. The molecular weight excluding hydrogens is 432 g/mol. The molecule has 0 unspecified atom stereocenters. The maximum Gasteiger partial charge on any atom is 0.265 e. The average Bonchev–Trinajstić information content (AvgIpc) is 2.98. The van der Waals surface area contributed by atoms with Gasteiger partial charge in [-0.3, -0.25) is 4.31 Å². The molecule has 0 amide bonds. The second-order valence-corrected chi connectivity index (χ2v) is 13.3. The zero-order valence-corrected chi connectivity index (χ0v) is 20.4. The predicted octanol–water partition coefficient (Wildman–Crippen LogP) is 4.64. The van der Waals surface area contributed by atoms with E-state index in [4.69, 9.17) is 0 Å². The predicted molar refractivity (Wildman–Crippen MR) is 132 cm³/mol. The molecular formula is C27H36N2O3S. The minimum atomic E-state index is -3.46. The van der Waals surface area contributed by atoms with Crippen LogP contribution in [0.15, 0.2) is 41.3 Å². The zero-order chi connectivity index (χ0) is 22.8. The first-order valence-electron chi connectivity index (χ1n) is 12.8. The Kier molecular flexibility index (Phi) is 5.28. The Balaban J connectivity index is 1.04. The summed E-state index contributed by atoms with van der Waals surface area (Å²) in [5.41, 5.74) is 0.977. The fourth-order valence-corrected chi connectivity index (χ4v) is 9.75. The van der Waals surface area contributed by atoms with Gasteiger partial charge in [0, 0.05) is 18.5 Å². The van der Waals surface area contributed by atoms with E-state index in [9.17, 15) is 13.5 Å². The summed E-state index contributed by atoms with van der Waals surface area (Å²) in [7, 11) is -1.36. The Morgan fingerprint density at radius 2 is 1.67 bits per heavy atom. The van der Waals surface area contributed by atoms with Gasteiger partial charge >= 0.3 is 0 Å². The molecule has 5 aliphatic rings. The molecule has 2 aromatic carbocycles. The number of aliphatic hydroxyl groups is 1. The summed E-state index contributed by atoms with van der Waals surface area (Å²) < 4.78 is 27.8. The van der Waals surface area contributed by atoms with E-state index in [1.165, 1.54) is 38.5 Å². The highest BCUT2D eigenvalue weighted by Gasteiger charge is 2.53. The molecule has 1 atom stereocenters. The largest absolute Gasteiger partial charge is 0.391 e. The number of rotatable bonds is 8. The molecule has 0 saturated heterocycles. The normalized spacial score (nSPS) is 32.2. The van der Waals surface area contributed by atoms with Gasteiger partial charge in [0.1, 0.15) is 0 Å². The van der Waals surface area contributed by atoms with Gasteiger partial charge in [0.15, 0.2) is 0 Å². The van der Waals surface area contributed by atoms with Gasteiger partial charge in [-0.05, 0) is 106 Å². The Morgan fingerprint density at radius 1 is 1.03 bits per heavy atom. The molecule has 0 radical (unpaired) electrons. The van der Waals surface area contributed by atoms with Gasteiger partial charge < -0.3 is 10.0 Å². The van der Waals surface area contributed by atoms with Crippen LogP contribution in [0, 0.1) is 23.2 Å². The summed E-state index contributed by atoms with van der Waals surface area (Å²) in [6.45, 7) is 2.12. The number of likely N-dealkylation sites (N-methyl/N-ethyl adjacent to an activating group) is 1. The van der Waals surface area contributed by atoms with Crippen molar-refractivity contribution in [1.82, 2.24) is 4.90 Å². The maximum absolute atomic E-state index is 13.1. The van der Waals surface area contributed by atoms with E-state index in [2.05, 4.69) is 11.9 Å². The highest BCUT2D eigenvalue weighted by molar-refractivity contribution is 7.93. The minimum Gasteiger partial charge on any atom is -0.391 e. The zero-order valence-electron chi connectivity index (χ0n) is 19.6. The van der Waals surface area contributed by atoms with E-state index < -0.39 is 10.0 Å². The van der Waals surface area contributed by atoms with Crippen molar-refractivity contribution in [1.29, 1.82) is 0 Å². The van der Waals surface area contributed by atoms with Crippen LogP contribution in [0.1, 0.15) is 51.4 Å². The highest BCUT2D eigenvalue weighted by Crippen LogP contribution is 2.61. The number of anilines is 1. The lowest BCUT2D eigenvalue weighted by molar-refractivity contribution is -0.125. The molecule has 0 spiro atoms. The molecule has 4 aliphatic carbocycles. The van der Waals surface area contributed by atoms with Crippen molar-refractivity contribution in [2.24, 2.45) is 23.2 Å². The van der Waals surface area contributed by atoms with Crippen LogP contribution in [0.25, 0.3) is 10.8 Å². The number of sulfonamides is 1. The Morgan fingerprint density at radius 3 is 2.33 bits per heavy atom. The second kappa shape index (κ2) is 7.96. The summed E-state index contributed by atoms with van der Waals surface area (Å²) in [5, 5.41) is 13.1. The van der Waals surface area contributed by atoms with Gasteiger partial charge in [-0.1, -0.05) is 24.3 Å². The first kappa shape index (κ1) is 21.9. The van der Waals surface area contributed by atoms with E-state index in [0.29, 0.717) is 11.4 Å². The second-order valence-electron chi connectivity index (χ2n) is 11.5. The standard InChI is InChI=1S/C27H36N2O3S/c1-28(18-25(30)27-15-19-12-20(16-27)14-21(13-19)17-27)10-2-3-11-29-23-8-4-6-22-7-5-9-24(26(22)23)33(29,31)32/h4-9,19-21,25,30H,2-3,10-18H2,1H3/t19?,20?,21?,25-,27?/m0/s1. The third kappa shape index (κ3) is 3.60. The monoisotopic (exact) mass is 468 g/mol. The van der Waals surface area contributed by atoms with Crippen LogP contribution in [0.4, 0.5) is 5.69 Å². The summed E-state index contributed by atoms with van der Waals surface area (Å²) in [4.78, 5) is 2.70. The first-order chi connectivity index (χ1) is 15.9. The lowest BCUT2D eigenvalue weighted by Gasteiger charge is -2.58. The maximum atomic E-state index is 13.1. The van der Waals surface area contributed by atoms with E-state index in [1.807, 2.05) is 30.3 Å². The molecule has 33 heavy (non-hydrogen) atoms. The molecule has 4 bridgehead atoms. The van der Waals surface area contributed by atoms with Crippen molar-refractivity contribution >= 4 is 26.5 Å². The quantitative estimate of drug-likeness (QED) is 0.574. The van der Waals surface area contributed by atoms with Crippen molar-refractivity contribution in [3.05, 3.63) is 36.4 Å². The van der Waals surface area contributed by atoms with Gasteiger partial charge in [0.25, 0.3) is 10.0 Å². The van der Waals surface area contributed by atoms with Crippen LogP contribution < -0.4 is 4.31 Å². The van der Waals surface area contributed by atoms with Crippen LogP contribution in [0.5, 0.6) is 0 Å².